The smallest absolute Gasteiger partial charge is 0.424 e. The van der Waals surface area contributed by atoms with Crippen LogP contribution in [0.4, 0.5) is 4.79 Å². The fourth-order valence-corrected chi connectivity index (χ4v) is 15.6. The molecule has 0 unspecified atom stereocenters. The van der Waals surface area contributed by atoms with E-state index in [9.17, 15) is 27.6 Å². The van der Waals surface area contributed by atoms with E-state index in [1.54, 1.807) is 0 Å². The molecule has 0 aliphatic rings. The zero-order valence-electron chi connectivity index (χ0n) is 22.3. The summed E-state index contributed by atoms with van der Waals surface area (Å²) < 4.78 is 50.5. The molecular weight excluding hydrogens is 562 g/mol. The van der Waals surface area contributed by atoms with Crippen molar-refractivity contribution in [1.29, 1.82) is 0 Å². The van der Waals surface area contributed by atoms with Crippen molar-refractivity contribution in [3.8, 4) is 0 Å². The van der Waals surface area contributed by atoms with Crippen LogP contribution >= 0.6 is 30.3 Å². The van der Waals surface area contributed by atoms with Gasteiger partial charge in [0.25, 0.3) is 10.0 Å². The molecule has 36 heavy (non-hydrogen) atoms. The zero-order chi connectivity index (χ0) is 27.9. The monoisotopic (exact) mass is 599 g/mol. The fourth-order valence-electron chi connectivity index (χ4n) is 4.58. The van der Waals surface area contributed by atoms with Crippen molar-refractivity contribution in [3.05, 3.63) is 17.0 Å². The molecule has 0 spiro atoms. The molecule has 0 fully saturated rings. The van der Waals surface area contributed by atoms with Gasteiger partial charge in [0.15, 0.2) is 0 Å². The van der Waals surface area contributed by atoms with Gasteiger partial charge in [-0.25, -0.2) is 4.79 Å². The number of carbonyl (C=O) groups excluding carboxylic acids is 1. The maximum absolute atomic E-state index is 13.2. The predicted molar refractivity (Wildman–Crippen MR) is 148 cm³/mol. The highest BCUT2D eigenvalue weighted by Crippen LogP contribution is 2.44. The van der Waals surface area contributed by atoms with Crippen molar-refractivity contribution in [1.82, 2.24) is 4.31 Å². The van der Waals surface area contributed by atoms with Gasteiger partial charge in [0.05, 0.1) is 10.6 Å². The SMILES string of the molecule is CC(C)[Si](OCc1cc2cc(S(=O)(=O)N(CP(=O)(O)O)C(=O)OC(C)(C)C)sc2s1)(C(C)C)C(C)C. The van der Waals surface area contributed by atoms with E-state index in [2.05, 4.69) is 41.5 Å². The lowest BCUT2D eigenvalue weighted by Crippen LogP contribution is -2.47. The Bertz CT molecular complexity index is 1170. The van der Waals surface area contributed by atoms with E-state index in [0.29, 0.717) is 28.6 Å². The van der Waals surface area contributed by atoms with E-state index in [1.807, 2.05) is 6.07 Å². The Hall–Kier alpha value is -0.793. The number of hydrogen-bond acceptors (Lipinski definition) is 8. The molecule has 0 aliphatic carbocycles. The Morgan fingerprint density at radius 1 is 1.06 bits per heavy atom. The lowest BCUT2D eigenvalue weighted by Gasteiger charge is -2.42. The van der Waals surface area contributed by atoms with Gasteiger partial charge in [0.1, 0.15) is 16.1 Å². The summed E-state index contributed by atoms with van der Waals surface area (Å²) in [7, 11) is -11.5. The predicted octanol–water partition coefficient (Wildman–Crippen LogP) is 6.72. The highest BCUT2D eigenvalue weighted by molar-refractivity contribution is 7.92. The molecule has 2 aromatic rings. The van der Waals surface area contributed by atoms with Gasteiger partial charge in [0.2, 0.25) is 8.32 Å². The molecular formula is C22H38NO8PS3Si. The van der Waals surface area contributed by atoms with E-state index in [0.717, 1.165) is 20.2 Å². The van der Waals surface area contributed by atoms with Crippen LogP contribution < -0.4 is 0 Å². The quantitative estimate of drug-likeness (QED) is 0.227. The van der Waals surface area contributed by atoms with Gasteiger partial charge in [-0.2, -0.15) is 12.7 Å². The fraction of sp³-hybridized carbons (Fsp3) is 0.682. The van der Waals surface area contributed by atoms with Crippen molar-refractivity contribution < 1.29 is 36.7 Å². The molecule has 2 aromatic heterocycles. The summed E-state index contributed by atoms with van der Waals surface area (Å²) in [5.41, 5.74) is 0.250. The van der Waals surface area contributed by atoms with Crippen LogP contribution in [0.1, 0.15) is 67.2 Å². The molecule has 1 amide bonds. The lowest BCUT2D eigenvalue weighted by atomic mass is 10.2. The number of carbonyl (C=O) groups is 1. The van der Waals surface area contributed by atoms with Gasteiger partial charge in [-0.1, -0.05) is 41.5 Å². The van der Waals surface area contributed by atoms with Crippen LogP contribution in [0.15, 0.2) is 16.3 Å². The lowest BCUT2D eigenvalue weighted by molar-refractivity contribution is 0.0404. The molecule has 2 heterocycles. The van der Waals surface area contributed by atoms with Crippen molar-refractivity contribution in [3.63, 3.8) is 0 Å². The van der Waals surface area contributed by atoms with Crippen molar-refractivity contribution in [2.75, 3.05) is 6.29 Å². The average molecular weight is 600 g/mol. The molecule has 0 atom stereocenters. The van der Waals surface area contributed by atoms with Gasteiger partial charge in [0, 0.05) is 10.3 Å². The number of sulfonamides is 1. The average Bonchev–Trinajstić information content (AvgIpc) is 3.22. The highest BCUT2D eigenvalue weighted by atomic mass is 32.2. The van der Waals surface area contributed by atoms with Gasteiger partial charge in [-0.3, -0.25) is 4.57 Å². The van der Waals surface area contributed by atoms with Gasteiger partial charge < -0.3 is 18.9 Å². The largest absolute Gasteiger partial charge is 0.443 e. The first-order chi connectivity index (χ1) is 16.2. The molecule has 14 heteroatoms. The second-order valence-electron chi connectivity index (χ2n) is 10.8. The van der Waals surface area contributed by atoms with Crippen LogP contribution in [0.25, 0.3) is 9.40 Å². The summed E-state index contributed by atoms with van der Waals surface area (Å²) >= 11 is 2.37. The minimum Gasteiger partial charge on any atom is -0.443 e. The molecule has 0 bridgehead atoms. The third kappa shape index (κ3) is 7.19. The molecule has 9 nitrogen and oxygen atoms in total. The van der Waals surface area contributed by atoms with Crippen LogP contribution in [-0.4, -0.2) is 48.8 Å². The van der Waals surface area contributed by atoms with Crippen molar-refractivity contribution >= 4 is 64.1 Å². The van der Waals surface area contributed by atoms with Crippen molar-refractivity contribution in [2.24, 2.45) is 0 Å². The molecule has 0 saturated heterocycles. The Labute approximate surface area is 223 Å². The number of fused-ring (bicyclic) bond motifs is 1. The number of rotatable bonds is 10. The number of hydrogen-bond donors (Lipinski definition) is 2. The summed E-state index contributed by atoms with van der Waals surface area (Å²) in [6.45, 7) is 18.3. The first-order valence-electron chi connectivity index (χ1n) is 11.7. The molecule has 206 valence electrons. The van der Waals surface area contributed by atoms with Gasteiger partial charge in [-0.05, 0) is 49.5 Å². The Morgan fingerprint density at radius 2 is 1.58 bits per heavy atom. The summed E-state index contributed by atoms with van der Waals surface area (Å²) in [6.07, 6.45) is -2.64. The Morgan fingerprint density at radius 3 is 2.00 bits per heavy atom. The van der Waals surface area contributed by atoms with E-state index in [-0.39, 0.29) is 8.51 Å². The molecule has 2 rings (SSSR count). The van der Waals surface area contributed by atoms with E-state index >= 15 is 0 Å². The third-order valence-electron chi connectivity index (χ3n) is 5.87. The van der Waals surface area contributed by atoms with E-state index in [1.165, 1.54) is 38.2 Å². The third-order valence-corrected chi connectivity index (χ3v) is 17.3. The second-order valence-corrected chi connectivity index (χ2v) is 22.4. The van der Waals surface area contributed by atoms with E-state index < -0.39 is 43.9 Å². The Balaban J connectivity index is 2.37. The molecule has 2 N–H and O–H groups in total. The second kappa shape index (κ2) is 11.1. The number of ether oxygens (including phenoxy) is 1. The topological polar surface area (TPSA) is 130 Å². The van der Waals surface area contributed by atoms with Crippen LogP contribution in [0.2, 0.25) is 16.6 Å². The zero-order valence-corrected chi connectivity index (χ0v) is 26.6. The molecule has 0 aliphatic heterocycles. The van der Waals surface area contributed by atoms with Crippen molar-refractivity contribution in [2.45, 2.75) is 95.4 Å². The molecule has 0 aromatic carbocycles. The van der Waals surface area contributed by atoms with Gasteiger partial charge >= 0.3 is 13.7 Å². The first kappa shape index (κ1) is 31.4. The summed E-state index contributed by atoms with van der Waals surface area (Å²) in [5.74, 6) is 0. The maximum Gasteiger partial charge on any atom is 0.424 e. The minimum absolute atomic E-state index is 0.117. The normalized spacial score (nSPS) is 13.8. The standard InChI is InChI=1S/C22H38NO8PS3Si/c1-14(2)36(15(3)4,16(5)6)30-12-18-10-17-11-19(34-20(17)33-18)35(28,29)23(13-32(25,26)27)21(24)31-22(7,8)9/h10-11,14-16H,12-13H2,1-9H3,(H2,25,26,27). The first-order valence-corrected chi connectivity index (χ1v) is 18.7. The van der Waals surface area contributed by atoms with E-state index in [4.69, 9.17) is 9.16 Å². The molecule has 0 radical (unpaired) electrons. The number of amides is 1. The molecule has 0 saturated carbocycles. The summed E-state index contributed by atoms with van der Waals surface area (Å²) in [4.78, 5) is 32.4. The summed E-state index contributed by atoms with van der Waals surface area (Å²) in [6, 6.07) is 3.29. The Kier molecular flexibility index (Phi) is 9.72. The van der Waals surface area contributed by atoms with Crippen LogP contribution in [0.3, 0.4) is 0 Å². The van der Waals surface area contributed by atoms with Gasteiger partial charge in [-0.15, -0.1) is 22.7 Å². The van der Waals surface area contributed by atoms with Crippen LogP contribution in [0.5, 0.6) is 0 Å². The number of nitrogens with zero attached hydrogens (tertiary/aromatic N) is 1. The highest BCUT2D eigenvalue weighted by Gasteiger charge is 2.45. The van der Waals surface area contributed by atoms with Crippen LogP contribution in [0, 0.1) is 0 Å². The summed E-state index contributed by atoms with van der Waals surface area (Å²) in [5, 5.41) is 0.674. The minimum atomic E-state index is -4.90. The number of thiophene rings is 2. The maximum atomic E-state index is 13.2. The van der Waals surface area contributed by atoms with Crippen LogP contribution in [-0.2, 0) is 30.4 Å².